The minimum Gasteiger partial charge on any atom is -0.494 e. The third kappa shape index (κ3) is 11.3. The maximum absolute atomic E-state index is 12.9. The van der Waals surface area contributed by atoms with E-state index >= 15 is 0 Å². The first-order valence-corrected chi connectivity index (χ1v) is 17.5. The molecule has 0 unspecified atom stereocenters. The largest absolute Gasteiger partial charge is 0.494 e. The second-order valence-corrected chi connectivity index (χ2v) is 13.0. The molecule has 7 heteroatoms. The van der Waals surface area contributed by atoms with Crippen LogP contribution in [-0.4, -0.2) is 38.0 Å². The van der Waals surface area contributed by atoms with Crippen molar-refractivity contribution >= 4 is 18.2 Å². The number of esters is 2. The molecule has 0 aliphatic heterocycles. The summed E-state index contributed by atoms with van der Waals surface area (Å²) in [6.45, 7) is 7.29. The zero-order chi connectivity index (χ0) is 32.6. The lowest BCUT2D eigenvalue weighted by Gasteiger charge is -2.29. The van der Waals surface area contributed by atoms with E-state index in [2.05, 4.69) is 31.7 Å². The number of hydrogen-bond donors (Lipinski definition) is 1. The van der Waals surface area contributed by atoms with Crippen LogP contribution in [0.1, 0.15) is 114 Å². The van der Waals surface area contributed by atoms with Crippen molar-refractivity contribution in [1.29, 1.82) is 5.41 Å². The van der Waals surface area contributed by atoms with E-state index in [4.69, 9.17) is 24.4 Å². The second kappa shape index (κ2) is 19.1. The van der Waals surface area contributed by atoms with Gasteiger partial charge >= 0.3 is 11.9 Å². The van der Waals surface area contributed by atoms with Crippen LogP contribution in [0.5, 0.6) is 17.2 Å². The molecule has 0 spiro atoms. The standard InChI is InChI=1S/C39H53NO6/c1-3-9-29-10-14-31(15-11-29)33-18-23-37(34(26-33)27-40)45-28-30-12-16-32(17-13-30)39(42)46-36-21-19-35(20-22-36)43-24-7-5-6-8-25-44-38(41)4-2/h4,18-23,26-27,29-32,40H,2-3,5-17,24-25,28H2,1H3. The maximum Gasteiger partial charge on any atom is 0.330 e. The van der Waals surface area contributed by atoms with Gasteiger partial charge in [-0.05, 0) is 137 Å². The number of ether oxygens (including phenoxy) is 4. The van der Waals surface area contributed by atoms with Gasteiger partial charge in [-0.2, -0.15) is 0 Å². The molecule has 0 radical (unpaired) electrons. The van der Waals surface area contributed by atoms with E-state index in [0.717, 1.165) is 74.3 Å². The summed E-state index contributed by atoms with van der Waals surface area (Å²) in [7, 11) is 0. The Morgan fingerprint density at radius 3 is 2.17 bits per heavy atom. The van der Waals surface area contributed by atoms with E-state index in [9.17, 15) is 9.59 Å². The molecule has 4 rings (SSSR count). The Balaban J connectivity index is 1.11. The first-order valence-electron chi connectivity index (χ1n) is 17.5. The lowest BCUT2D eigenvalue weighted by Crippen LogP contribution is -2.27. The molecule has 46 heavy (non-hydrogen) atoms. The molecule has 2 fully saturated rings. The molecule has 0 bridgehead atoms. The maximum atomic E-state index is 12.9. The van der Waals surface area contributed by atoms with Crippen LogP contribution in [0.4, 0.5) is 0 Å². The molecule has 2 aliphatic carbocycles. The Kier molecular flexibility index (Phi) is 14.7. The van der Waals surface area contributed by atoms with Crippen molar-refractivity contribution in [2.75, 3.05) is 19.8 Å². The Morgan fingerprint density at radius 2 is 1.50 bits per heavy atom. The quantitative estimate of drug-likeness (QED) is 0.0579. The summed E-state index contributed by atoms with van der Waals surface area (Å²) < 4.78 is 22.7. The number of carbonyl (C=O) groups is 2. The van der Waals surface area contributed by atoms with Crippen LogP contribution >= 0.6 is 0 Å². The minimum absolute atomic E-state index is 0.101. The van der Waals surface area contributed by atoms with Crippen molar-refractivity contribution in [3.63, 3.8) is 0 Å². The third-order valence-corrected chi connectivity index (χ3v) is 9.62. The number of hydrogen-bond acceptors (Lipinski definition) is 7. The molecule has 2 aromatic rings. The smallest absolute Gasteiger partial charge is 0.330 e. The van der Waals surface area contributed by atoms with Crippen LogP contribution < -0.4 is 14.2 Å². The number of carbonyl (C=O) groups excluding carboxylic acids is 2. The first-order chi connectivity index (χ1) is 22.5. The van der Waals surface area contributed by atoms with E-state index in [0.29, 0.717) is 37.4 Å². The summed E-state index contributed by atoms with van der Waals surface area (Å²) in [5.41, 5.74) is 2.21. The Bertz CT molecular complexity index is 1240. The lowest BCUT2D eigenvalue weighted by atomic mass is 9.77. The number of nitrogens with one attached hydrogen (secondary N) is 1. The molecular formula is C39H53NO6. The molecule has 2 aliphatic rings. The number of benzene rings is 2. The van der Waals surface area contributed by atoms with Gasteiger partial charge in [-0.3, -0.25) is 4.79 Å². The van der Waals surface area contributed by atoms with Crippen molar-refractivity contribution in [2.24, 2.45) is 17.8 Å². The molecule has 2 saturated carbocycles. The molecule has 2 aromatic carbocycles. The average Bonchev–Trinajstić information content (AvgIpc) is 3.09. The highest BCUT2D eigenvalue weighted by Crippen LogP contribution is 2.39. The van der Waals surface area contributed by atoms with Crippen molar-refractivity contribution in [1.82, 2.24) is 0 Å². The summed E-state index contributed by atoms with van der Waals surface area (Å²) in [6.07, 6.45) is 17.5. The van der Waals surface area contributed by atoms with Gasteiger partial charge in [0.25, 0.3) is 0 Å². The molecule has 0 heterocycles. The van der Waals surface area contributed by atoms with Crippen molar-refractivity contribution < 1.29 is 28.5 Å². The second-order valence-electron chi connectivity index (χ2n) is 13.0. The summed E-state index contributed by atoms with van der Waals surface area (Å²) in [5, 5.41) is 7.98. The highest BCUT2D eigenvalue weighted by molar-refractivity contribution is 5.82. The minimum atomic E-state index is -0.378. The van der Waals surface area contributed by atoms with Gasteiger partial charge in [-0.1, -0.05) is 32.4 Å². The van der Waals surface area contributed by atoms with Gasteiger partial charge in [-0.15, -0.1) is 0 Å². The average molecular weight is 632 g/mol. The highest BCUT2D eigenvalue weighted by atomic mass is 16.5. The fraction of sp³-hybridized carbons (Fsp3) is 0.564. The molecular weight excluding hydrogens is 578 g/mol. The first kappa shape index (κ1) is 35.2. The van der Waals surface area contributed by atoms with Gasteiger partial charge in [0.05, 0.1) is 25.7 Å². The molecule has 250 valence electrons. The normalized spacial score (nSPS) is 21.2. The van der Waals surface area contributed by atoms with E-state index in [1.54, 1.807) is 12.1 Å². The summed E-state index contributed by atoms with van der Waals surface area (Å²) in [5.74, 6) is 3.29. The summed E-state index contributed by atoms with van der Waals surface area (Å²) >= 11 is 0. The van der Waals surface area contributed by atoms with Crippen LogP contribution in [0, 0.1) is 23.2 Å². The van der Waals surface area contributed by atoms with E-state index in [1.807, 2.05) is 12.1 Å². The van der Waals surface area contributed by atoms with Crippen LogP contribution in [0.3, 0.4) is 0 Å². The van der Waals surface area contributed by atoms with Gasteiger partial charge in [0.15, 0.2) is 0 Å². The van der Waals surface area contributed by atoms with Gasteiger partial charge < -0.3 is 24.4 Å². The van der Waals surface area contributed by atoms with Crippen LogP contribution in [0.15, 0.2) is 55.1 Å². The molecule has 0 saturated heterocycles. The Labute approximate surface area is 275 Å². The molecule has 0 amide bonds. The van der Waals surface area contributed by atoms with Crippen molar-refractivity contribution in [3.8, 4) is 17.2 Å². The highest BCUT2D eigenvalue weighted by Gasteiger charge is 2.28. The van der Waals surface area contributed by atoms with E-state index < -0.39 is 0 Å². The fourth-order valence-electron chi connectivity index (χ4n) is 6.81. The van der Waals surface area contributed by atoms with Gasteiger partial charge in [0, 0.05) is 17.9 Å². The fourth-order valence-corrected chi connectivity index (χ4v) is 6.81. The number of unbranched alkanes of at least 4 members (excludes halogenated alkanes) is 3. The predicted octanol–water partition coefficient (Wildman–Crippen LogP) is 9.22. The van der Waals surface area contributed by atoms with E-state index in [1.165, 1.54) is 56.4 Å². The van der Waals surface area contributed by atoms with Gasteiger partial charge in [0.1, 0.15) is 17.2 Å². The van der Waals surface area contributed by atoms with Crippen LogP contribution in [0.2, 0.25) is 0 Å². The topological polar surface area (TPSA) is 94.9 Å². The summed E-state index contributed by atoms with van der Waals surface area (Å²) in [6, 6.07) is 13.7. The van der Waals surface area contributed by atoms with E-state index in [-0.39, 0.29) is 17.9 Å². The SMILES string of the molecule is C=CC(=O)OCCCCCCOc1ccc(OC(=O)C2CCC(COc3ccc(C4CCC(CCC)CC4)cc3C=N)CC2)cc1. The Morgan fingerprint density at radius 1 is 0.826 bits per heavy atom. The van der Waals surface area contributed by atoms with Crippen molar-refractivity contribution in [2.45, 2.75) is 103 Å². The monoisotopic (exact) mass is 631 g/mol. The summed E-state index contributed by atoms with van der Waals surface area (Å²) in [4.78, 5) is 23.9. The lowest BCUT2D eigenvalue weighted by molar-refractivity contribution is -0.140. The molecule has 7 nitrogen and oxygen atoms in total. The molecule has 1 N–H and O–H groups in total. The van der Waals surface area contributed by atoms with Crippen LogP contribution in [0.25, 0.3) is 0 Å². The molecule has 0 atom stereocenters. The Hall–Kier alpha value is -3.61. The van der Waals surface area contributed by atoms with Gasteiger partial charge in [-0.25, -0.2) is 4.79 Å². The predicted molar refractivity (Wildman–Crippen MR) is 182 cm³/mol. The molecule has 0 aromatic heterocycles. The zero-order valence-electron chi connectivity index (χ0n) is 27.7. The zero-order valence-corrected chi connectivity index (χ0v) is 27.7. The van der Waals surface area contributed by atoms with Crippen LogP contribution in [-0.2, 0) is 14.3 Å². The number of rotatable bonds is 18. The van der Waals surface area contributed by atoms with Gasteiger partial charge in [0.2, 0.25) is 0 Å². The van der Waals surface area contributed by atoms with Crippen molar-refractivity contribution in [3.05, 3.63) is 66.2 Å². The third-order valence-electron chi connectivity index (χ3n) is 9.62.